The van der Waals surface area contributed by atoms with Crippen molar-refractivity contribution in [1.82, 2.24) is 5.32 Å². The Bertz CT molecular complexity index is 402. The summed E-state index contributed by atoms with van der Waals surface area (Å²) in [6, 6.07) is 4.45. The molecule has 1 aromatic rings. The van der Waals surface area contributed by atoms with Gasteiger partial charge in [0.25, 0.3) is 5.91 Å². The van der Waals surface area contributed by atoms with Crippen molar-refractivity contribution in [3.05, 3.63) is 36.4 Å². The molecule has 4 heteroatoms. The number of anilines is 1. The predicted molar refractivity (Wildman–Crippen MR) is 64.3 cm³/mol. The standard InChI is InChI=1S/C12H16N2O2/c1-3-4-8(2)14-12(16)9-5-6-10(13)11(15)7-9/h3,5-8,15H,1,4,13H2,2H3,(H,14,16). The summed E-state index contributed by atoms with van der Waals surface area (Å²) in [7, 11) is 0. The first-order valence-corrected chi connectivity index (χ1v) is 5.05. The van der Waals surface area contributed by atoms with E-state index in [9.17, 15) is 9.90 Å². The number of carbonyl (C=O) groups is 1. The molecule has 4 N–H and O–H groups in total. The normalized spacial score (nSPS) is 11.8. The van der Waals surface area contributed by atoms with Gasteiger partial charge < -0.3 is 16.2 Å². The molecule has 0 aliphatic rings. The van der Waals surface area contributed by atoms with Gasteiger partial charge in [-0.15, -0.1) is 6.58 Å². The van der Waals surface area contributed by atoms with Crippen molar-refractivity contribution in [2.45, 2.75) is 19.4 Å². The highest BCUT2D eigenvalue weighted by Gasteiger charge is 2.10. The number of hydrogen-bond donors (Lipinski definition) is 3. The fraction of sp³-hybridized carbons (Fsp3) is 0.250. The van der Waals surface area contributed by atoms with Gasteiger partial charge >= 0.3 is 0 Å². The first kappa shape index (κ1) is 12.1. The smallest absolute Gasteiger partial charge is 0.251 e. The first-order chi connectivity index (χ1) is 7.54. The average molecular weight is 220 g/mol. The minimum atomic E-state index is -0.232. The Morgan fingerprint density at radius 2 is 2.38 bits per heavy atom. The molecule has 1 unspecified atom stereocenters. The lowest BCUT2D eigenvalue weighted by molar-refractivity contribution is 0.0940. The Morgan fingerprint density at radius 3 is 2.94 bits per heavy atom. The monoisotopic (exact) mass is 220 g/mol. The number of nitrogens with two attached hydrogens (primary N) is 1. The highest BCUT2D eigenvalue weighted by atomic mass is 16.3. The van der Waals surface area contributed by atoms with Crippen molar-refractivity contribution in [1.29, 1.82) is 0 Å². The topological polar surface area (TPSA) is 75.4 Å². The highest BCUT2D eigenvalue weighted by Crippen LogP contribution is 2.20. The van der Waals surface area contributed by atoms with Gasteiger partial charge in [-0.05, 0) is 31.5 Å². The van der Waals surface area contributed by atoms with Crippen LogP contribution in [0.3, 0.4) is 0 Å². The van der Waals surface area contributed by atoms with Crippen molar-refractivity contribution in [2.24, 2.45) is 0 Å². The van der Waals surface area contributed by atoms with Crippen LogP contribution in [0.2, 0.25) is 0 Å². The Kier molecular flexibility index (Phi) is 3.94. The predicted octanol–water partition coefficient (Wildman–Crippen LogP) is 1.67. The van der Waals surface area contributed by atoms with Gasteiger partial charge in [-0.3, -0.25) is 4.79 Å². The number of hydrogen-bond acceptors (Lipinski definition) is 3. The lowest BCUT2D eigenvalue weighted by atomic mass is 10.1. The summed E-state index contributed by atoms with van der Waals surface area (Å²) in [4.78, 5) is 11.7. The third-order valence-corrected chi connectivity index (χ3v) is 2.19. The van der Waals surface area contributed by atoms with E-state index in [1.807, 2.05) is 6.92 Å². The number of nitrogen functional groups attached to an aromatic ring is 1. The van der Waals surface area contributed by atoms with Gasteiger partial charge in [0, 0.05) is 11.6 Å². The zero-order chi connectivity index (χ0) is 12.1. The molecule has 86 valence electrons. The molecule has 1 rings (SSSR count). The first-order valence-electron chi connectivity index (χ1n) is 5.05. The molecule has 1 atom stereocenters. The van der Waals surface area contributed by atoms with Crippen LogP contribution in [0.15, 0.2) is 30.9 Å². The average Bonchev–Trinajstić information content (AvgIpc) is 2.22. The zero-order valence-corrected chi connectivity index (χ0v) is 9.23. The lowest BCUT2D eigenvalue weighted by Gasteiger charge is -2.12. The van der Waals surface area contributed by atoms with Gasteiger partial charge in [-0.25, -0.2) is 0 Å². The van der Waals surface area contributed by atoms with Crippen molar-refractivity contribution in [3.63, 3.8) is 0 Å². The largest absolute Gasteiger partial charge is 0.506 e. The van der Waals surface area contributed by atoms with E-state index in [1.54, 1.807) is 12.1 Å². The van der Waals surface area contributed by atoms with E-state index in [2.05, 4.69) is 11.9 Å². The van der Waals surface area contributed by atoms with Crippen LogP contribution >= 0.6 is 0 Å². The van der Waals surface area contributed by atoms with Crippen LogP contribution in [0, 0.1) is 0 Å². The van der Waals surface area contributed by atoms with Crippen LogP contribution < -0.4 is 11.1 Å². The minimum absolute atomic E-state index is 0.0182. The van der Waals surface area contributed by atoms with E-state index in [0.29, 0.717) is 12.0 Å². The van der Waals surface area contributed by atoms with Crippen LogP contribution in [0.1, 0.15) is 23.7 Å². The molecule has 1 amide bonds. The van der Waals surface area contributed by atoms with Crippen LogP contribution in [0.25, 0.3) is 0 Å². The molecule has 0 bridgehead atoms. The van der Waals surface area contributed by atoms with Gasteiger partial charge in [-0.1, -0.05) is 6.08 Å². The van der Waals surface area contributed by atoms with Gasteiger partial charge in [0.15, 0.2) is 0 Å². The quantitative estimate of drug-likeness (QED) is 0.410. The van der Waals surface area contributed by atoms with E-state index in [0.717, 1.165) is 0 Å². The molecule has 0 saturated heterocycles. The van der Waals surface area contributed by atoms with Crippen LogP contribution in [0.4, 0.5) is 5.69 Å². The number of amides is 1. The maximum atomic E-state index is 11.7. The molecule has 0 saturated carbocycles. The van der Waals surface area contributed by atoms with Crippen LogP contribution in [-0.4, -0.2) is 17.1 Å². The number of phenolic OH excluding ortho intramolecular Hbond substituents is 1. The summed E-state index contributed by atoms with van der Waals surface area (Å²) < 4.78 is 0. The van der Waals surface area contributed by atoms with Gasteiger partial charge in [0.05, 0.1) is 5.69 Å². The third kappa shape index (κ3) is 3.02. The second-order valence-electron chi connectivity index (χ2n) is 3.67. The number of carbonyl (C=O) groups excluding carboxylic acids is 1. The molecule has 0 fully saturated rings. The summed E-state index contributed by atoms with van der Waals surface area (Å²) in [5.74, 6) is -0.311. The molecular weight excluding hydrogens is 204 g/mol. The Hall–Kier alpha value is -1.97. The molecule has 4 nitrogen and oxygen atoms in total. The summed E-state index contributed by atoms with van der Waals surface area (Å²) in [5, 5.41) is 12.1. The lowest BCUT2D eigenvalue weighted by Crippen LogP contribution is -2.32. The molecule has 0 aliphatic carbocycles. The highest BCUT2D eigenvalue weighted by molar-refractivity contribution is 5.95. The molecule has 0 aromatic heterocycles. The SMILES string of the molecule is C=CCC(C)NC(=O)c1ccc(N)c(O)c1. The summed E-state index contributed by atoms with van der Waals surface area (Å²) in [6.45, 7) is 5.48. The molecule has 0 aliphatic heterocycles. The van der Waals surface area contributed by atoms with Crippen molar-refractivity contribution >= 4 is 11.6 Å². The molecule has 0 spiro atoms. The van der Waals surface area contributed by atoms with Gasteiger partial charge in [0.1, 0.15) is 5.75 Å². The molecule has 1 aromatic carbocycles. The van der Waals surface area contributed by atoms with E-state index in [1.165, 1.54) is 12.1 Å². The third-order valence-electron chi connectivity index (χ3n) is 2.19. The fourth-order valence-corrected chi connectivity index (χ4v) is 1.30. The van der Waals surface area contributed by atoms with Crippen molar-refractivity contribution < 1.29 is 9.90 Å². The number of aromatic hydroxyl groups is 1. The number of phenols is 1. The van der Waals surface area contributed by atoms with E-state index < -0.39 is 0 Å². The molecule has 16 heavy (non-hydrogen) atoms. The molecular formula is C12H16N2O2. The van der Waals surface area contributed by atoms with Crippen LogP contribution in [-0.2, 0) is 0 Å². The summed E-state index contributed by atoms with van der Waals surface area (Å²) in [6.07, 6.45) is 2.44. The number of nitrogens with one attached hydrogen (secondary N) is 1. The second-order valence-corrected chi connectivity index (χ2v) is 3.67. The number of rotatable bonds is 4. The van der Waals surface area contributed by atoms with Gasteiger partial charge in [-0.2, -0.15) is 0 Å². The zero-order valence-electron chi connectivity index (χ0n) is 9.23. The Morgan fingerprint density at radius 1 is 1.69 bits per heavy atom. The summed E-state index contributed by atoms with van der Waals surface area (Å²) >= 11 is 0. The summed E-state index contributed by atoms with van der Waals surface area (Å²) in [5.41, 5.74) is 6.09. The second kappa shape index (κ2) is 5.21. The number of benzene rings is 1. The Balaban J connectivity index is 2.73. The fourth-order valence-electron chi connectivity index (χ4n) is 1.30. The Labute approximate surface area is 94.8 Å². The van der Waals surface area contributed by atoms with Crippen molar-refractivity contribution in [2.75, 3.05) is 5.73 Å². The van der Waals surface area contributed by atoms with Crippen LogP contribution in [0.5, 0.6) is 5.75 Å². The van der Waals surface area contributed by atoms with E-state index in [-0.39, 0.29) is 23.4 Å². The van der Waals surface area contributed by atoms with Crippen molar-refractivity contribution in [3.8, 4) is 5.75 Å². The van der Waals surface area contributed by atoms with E-state index >= 15 is 0 Å². The van der Waals surface area contributed by atoms with Gasteiger partial charge in [0.2, 0.25) is 0 Å². The maximum Gasteiger partial charge on any atom is 0.251 e. The van der Waals surface area contributed by atoms with E-state index in [4.69, 9.17) is 5.73 Å². The molecule has 0 radical (unpaired) electrons. The molecule has 0 heterocycles. The minimum Gasteiger partial charge on any atom is -0.506 e. The maximum absolute atomic E-state index is 11.7.